The number of halogens is 1. The third-order valence-electron chi connectivity index (χ3n) is 2.60. The molecule has 94 valence electrons. The molecule has 0 aliphatic rings. The van der Waals surface area contributed by atoms with Gasteiger partial charge in [-0.15, -0.1) is 0 Å². The average molecular weight is 256 g/mol. The molecule has 17 heavy (non-hydrogen) atoms. The third kappa shape index (κ3) is 3.93. The summed E-state index contributed by atoms with van der Waals surface area (Å²) in [5, 5.41) is 9.62. The van der Waals surface area contributed by atoms with E-state index < -0.39 is 11.9 Å². The molecule has 4 heteroatoms. The molecule has 3 nitrogen and oxygen atoms in total. The Morgan fingerprint density at radius 2 is 2.12 bits per heavy atom. The van der Waals surface area contributed by atoms with Gasteiger partial charge >= 0.3 is 5.97 Å². The Hall–Kier alpha value is -1.22. The Morgan fingerprint density at radius 1 is 1.47 bits per heavy atom. The van der Waals surface area contributed by atoms with Crippen molar-refractivity contribution in [3.05, 3.63) is 29.3 Å². The molecule has 0 heterocycles. The van der Waals surface area contributed by atoms with Gasteiger partial charge in [0.15, 0.2) is 0 Å². The second kappa shape index (κ2) is 6.50. The fraction of sp³-hybridized carbons (Fsp3) is 0.462. The van der Waals surface area contributed by atoms with E-state index in [4.69, 9.17) is 16.7 Å². The summed E-state index contributed by atoms with van der Waals surface area (Å²) < 4.78 is 0. The van der Waals surface area contributed by atoms with E-state index >= 15 is 0 Å². The summed E-state index contributed by atoms with van der Waals surface area (Å²) in [5.41, 5.74) is 0.907. The van der Waals surface area contributed by atoms with Crippen molar-refractivity contribution < 1.29 is 9.90 Å². The largest absolute Gasteiger partial charge is 0.481 e. The predicted octanol–water partition coefficient (Wildman–Crippen LogP) is 3.28. The molecule has 0 aliphatic carbocycles. The topological polar surface area (TPSA) is 40.5 Å². The second-order valence-corrected chi connectivity index (χ2v) is 4.54. The van der Waals surface area contributed by atoms with E-state index in [1.54, 1.807) is 6.92 Å². The number of para-hydroxylation sites is 1. The maximum atomic E-state index is 10.9. The maximum absolute atomic E-state index is 10.9. The van der Waals surface area contributed by atoms with Gasteiger partial charge in [-0.2, -0.15) is 0 Å². The molecule has 0 aromatic heterocycles. The molecular weight excluding hydrogens is 238 g/mol. The van der Waals surface area contributed by atoms with Crippen molar-refractivity contribution in [1.29, 1.82) is 0 Å². The van der Waals surface area contributed by atoms with Crippen LogP contribution in [0.4, 0.5) is 5.69 Å². The number of carboxylic acid groups (broad SMARTS) is 1. The molecule has 1 unspecified atom stereocenters. The van der Waals surface area contributed by atoms with Crippen molar-refractivity contribution in [3.8, 4) is 0 Å². The van der Waals surface area contributed by atoms with E-state index in [0.717, 1.165) is 18.7 Å². The summed E-state index contributed by atoms with van der Waals surface area (Å²) >= 11 is 6.13. The van der Waals surface area contributed by atoms with Crippen LogP contribution in [0.1, 0.15) is 20.3 Å². The van der Waals surface area contributed by atoms with Crippen LogP contribution in [0.3, 0.4) is 0 Å². The second-order valence-electron chi connectivity index (χ2n) is 4.14. The molecule has 1 rings (SSSR count). The lowest BCUT2D eigenvalue weighted by atomic mass is 10.1. The van der Waals surface area contributed by atoms with Crippen LogP contribution < -0.4 is 4.90 Å². The van der Waals surface area contributed by atoms with Crippen molar-refractivity contribution >= 4 is 23.3 Å². The summed E-state index contributed by atoms with van der Waals surface area (Å²) in [6.07, 6.45) is 0.956. The first kappa shape index (κ1) is 13.8. The lowest BCUT2D eigenvalue weighted by molar-refractivity contribution is -0.140. The highest BCUT2D eigenvalue weighted by Gasteiger charge is 2.17. The molecule has 0 saturated heterocycles. The van der Waals surface area contributed by atoms with Crippen LogP contribution in [0, 0.1) is 5.92 Å². The predicted molar refractivity (Wildman–Crippen MR) is 70.8 cm³/mol. The van der Waals surface area contributed by atoms with Gasteiger partial charge in [0.05, 0.1) is 16.6 Å². The number of carboxylic acids is 1. The number of rotatable bonds is 6. The zero-order chi connectivity index (χ0) is 12.8. The highest BCUT2D eigenvalue weighted by atomic mass is 35.5. The molecule has 0 spiro atoms. The van der Waals surface area contributed by atoms with Crippen molar-refractivity contribution in [1.82, 2.24) is 0 Å². The lowest BCUT2D eigenvalue weighted by Crippen LogP contribution is -2.32. The van der Waals surface area contributed by atoms with Crippen LogP contribution in [0.15, 0.2) is 24.3 Å². The van der Waals surface area contributed by atoms with Gasteiger partial charge in [0.1, 0.15) is 0 Å². The van der Waals surface area contributed by atoms with Gasteiger partial charge in [-0.1, -0.05) is 37.6 Å². The van der Waals surface area contributed by atoms with Gasteiger partial charge in [0.25, 0.3) is 0 Å². The molecule has 0 saturated carbocycles. The van der Waals surface area contributed by atoms with E-state index in [9.17, 15) is 4.79 Å². The normalized spacial score (nSPS) is 12.2. The van der Waals surface area contributed by atoms with Gasteiger partial charge in [-0.25, -0.2) is 0 Å². The molecule has 1 atom stereocenters. The van der Waals surface area contributed by atoms with E-state index in [1.165, 1.54) is 0 Å². The smallest absolute Gasteiger partial charge is 0.308 e. The molecule has 1 N–H and O–H groups in total. The highest BCUT2D eigenvalue weighted by molar-refractivity contribution is 6.33. The van der Waals surface area contributed by atoms with Gasteiger partial charge < -0.3 is 10.0 Å². The zero-order valence-electron chi connectivity index (χ0n) is 10.2. The number of benzene rings is 1. The Labute approximate surface area is 107 Å². The fourth-order valence-corrected chi connectivity index (χ4v) is 1.95. The highest BCUT2D eigenvalue weighted by Crippen LogP contribution is 2.26. The average Bonchev–Trinajstić information content (AvgIpc) is 2.29. The number of anilines is 1. The van der Waals surface area contributed by atoms with E-state index in [2.05, 4.69) is 6.92 Å². The van der Waals surface area contributed by atoms with Gasteiger partial charge in [-0.05, 0) is 18.6 Å². The zero-order valence-corrected chi connectivity index (χ0v) is 10.9. The Morgan fingerprint density at radius 3 is 2.65 bits per heavy atom. The summed E-state index contributed by atoms with van der Waals surface area (Å²) in [4.78, 5) is 12.9. The number of nitrogens with zero attached hydrogens (tertiary/aromatic N) is 1. The summed E-state index contributed by atoms with van der Waals surface area (Å²) in [5.74, 6) is -1.18. The van der Waals surface area contributed by atoms with E-state index in [0.29, 0.717) is 11.6 Å². The minimum atomic E-state index is -0.779. The maximum Gasteiger partial charge on any atom is 0.308 e. The van der Waals surface area contributed by atoms with Crippen molar-refractivity contribution in [2.24, 2.45) is 5.92 Å². The molecule has 0 radical (unpaired) electrons. The number of hydrogen-bond acceptors (Lipinski definition) is 2. The van der Waals surface area contributed by atoms with Crippen LogP contribution in [0.2, 0.25) is 5.02 Å². The van der Waals surface area contributed by atoms with Crippen molar-refractivity contribution in [2.45, 2.75) is 20.3 Å². The number of hydrogen-bond donors (Lipinski definition) is 1. The van der Waals surface area contributed by atoms with E-state index in [1.807, 2.05) is 29.2 Å². The Balaban J connectivity index is 2.86. The Bertz CT molecular complexity index is 381. The van der Waals surface area contributed by atoms with Crippen LogP contribution in [-0.2, 0) is 4.79 Å². The monoisotopic (exact) mass is 255 g/mol. The van der Waals surface area contributed by atoms with Gasteiger partial charge in [0.2, 0.25) is 0 Å². The molecule has 0 aliphatic heterocycles. The molecule has 1 aromatic rings. The standard InChI is InChI=1S/C13H18ClNO2/c1-3-8-15(9-10(2)13(16)17)12-7-5-4-6-11(12)14/h4-7,10H,3,8-9H2,1-2H3,(H,16,17). The first-order valence-electron chi connectivity index (χ1n) is 5.78. The summed E-state index contributed by atoms with van der Waals surface area (Å²) in [6.45, 7) is 5.06. The van der Waals surface area contributed by atoms with Crippen LogP contribution >= 0.6 is 11.6 Å². The fourth-order valence-electron chi connectivity index (χ4n) is 1.70. The van der Waals surface area contributed by atoms with Crippen LogP contribution in [-0.4, -0.2) is 24.2 Å². The third-order valence-corrected chi connectivity index (χ3v) is 2.92. The van der Waals surface area contributed by atoms with Crippen molar-refractivity contribution in [2.75, 3.05) is 18.0 Å². The summed E-state index contributed by atoms with van der Waals surface area (Å²) in [6, 6.07) is 7.53. The SMILES string of the molecule is CCCN(CC(C)C(=O)O)c1ccccc1Cl. The minimum Gasteiger partial charge on any atom is -0.481 e. The number of carbonyl (C=O) groups is 1. The molecule has 1 aromatic carbocycles. The Kier molecular flexibility index (Phi) is 5.29. The lowest BCUT2D eigenvalue weighted by Gasteiger charge is -2.27. The molecule has 0 amide bonds. The quantitative estimate of drug-likeness (QED) is 0.848. The minimum absolute atomic E-state index is 0.405. The molecule has 0 fully saturated rings. The number of aliphatic carboxylic acids is 1. The van der Waals surface area contributed by atoms with Crippen molar-refractivity contribution in [3.63, 3.8) is 0 Å². The van der Waals surface area contributed by atoms with Gasteiger partial charge in [-0.3, -0.25) is 4.79 Å². The van der Waals surface area contributed by atoms with E-state index in [-0.39, 0.29) is 0 Å². The first-order valence-corrected chi connectivity index (χ1v) is 6.16. The van der Waals surface area contributed by atoms with Gasteiger partial charge in [0, 0.05) is 13.1 Å². The molecule has 0 bridgehead atoms. The first-order chi connectivity index (χ1) is 8.06. The molecular formula is C13H18ClNO2. The van der Waals surface area contributed by atoms with Crippen LogP contribution in [0.5, 0.6) is 0 Å². The summed E-state index contributed by atoms with van der Waals surface area (Å²) in [7, 11) is 0. The van der Waals surface area contributed by atoms with Crippen LogP contribution in [0.25, 0.3) is 0 Å².